The molecular formula is C14H21O6-. The van der Waals surface area contributed by atoms with Crippen LogP contribution >= 0.6 is 0 Å². The smallest absolute Gasteiger partial charge is 0.330 e. The molecule has 0 aliphatic rings. The minimum atomic E-state index is -1.23. The summed E-state index contributed by atoms with van der Waals surface area (Å²) in [6, 6.07) is 0. The summed E-state index contributed by atoms with van der Waals surface area (Å²) in [7, 11) is 0. The lowest BCUT2D eigenvalue weighted by Gasteiger charge is -1.97. The molecule has 0 radical (unpaired) electrons. The minimum Gasteiger partial charge on any atom is -0.545 e. The second-order valence-corrected chi connectivity index (χ2v) is 3.33. The van der Waals surface area contributed by atoms with E-state index in [-0.39, 0.29) is 11.5 Å². The van der Waals surface area contributed by atoms with E-state index in [2.05, 4.69) is 24.5 Å². The van der Waals surface area contributed by atoms with E-state index in [9.17, 15) is 9.59 Å². The molecule has 0 aromatic carbocycles. The zero-order valence-corrected chi connectivity index (χ0v) is 11.9. The van der Waals surface area contributed by atoms with Crippen molar-refractivity contribution in [3.8, 4) is 0 Å². The average molecular weight is 285 g/mol. The van der Waals surface area contributed by atoms with Crippen molar-refractivity contribution in [1.29, 1.82) is 0 Å². The molecule has 0 aliphatic heterocycles. The summed E-state index contributed by atoms with van der Waals surface area (Å²) in [6.45, 7) is 13.3. The van der Waals surface area contributed by atoms with Gasteiger partial charge in [0, 0.05) is 11.6 Å². The molecule has 0 aromatic heterocycles. The lowest BCUT2D eigenvalue weighted by atomic mass is 10.4. The van der Waals surface area contributed by atoms with Gasteiger partial charge in [-0.15, -0.1) is 0 Å². The lowest BCUT2D eigenvalue weighted by Crippen LogP contribution is -2.17. The van der Waals surface area contributed by atoms with E-state index in [0.717, 1.165) is 18.9 Å². The van der Waals surface area contributed by atoms with Gasteiger partial charge in [-0.25, -0.2) is 9.59 Å². The largest absolute Gasteiger partial charge is 0.545 e. The van der Waals surface area contributed by atoms with Gasteiger partial charge >= 0.3 is 11.9 Å². The van der Waals surface area contributed by atoms with Crippen molar-refractivity contribution in [3.63, 3.8) is 0 Å². The Morgan fingerprint density at radius 3 is 1.85 bits per heavy atom. The number of rotatable bonds is 6. The van der Waals surface area contributed by atoms with E-state index in [0.29, 0.717) is 6.61 Å². The molecule has 0 heterocycles. The third kappa shape index (κ3) is 29.6. The summed E-state index contributed by atoms with van der Waals surface area (Å²) in [6.07, 6.45) is 3.87. The molecule has 0 spiro atoms. The minimum absolute atomic E-state index is 0.176. The maximum Gasteiger partial charge on any atom is 0.330 e. The molecule has 0 rings (SSSR count). The zero-order valence-electron chi connectivity index (χ0n) is 11.9. The molecule has 114 valence electrons. The van der Waals surface area contributed by atoms with Crippen molar-refractivity contribution < 1.29 is 29.3 Å². The van der Waals surface area contributed by atoms with E-state index in [1.54, 1.807) is 0 Å². The van der Waals surface area contributed by atoms with E-state index < -0.39 is 11.9 Å². The van der Waals surface area contributed by atoms with Crippen molar-refractivity contribution in [1.82, 2.24) is 0 Å². The predicted octanol–water partition coefficient (Wildman–Crippen LogP) is 1.09. The number of ether oxygens (including phenoxy) is 1. The van der Waals surface area contributed by atoms with E-state index in [1.807, 2.05) is 6.92 Å². The third-order valence-electron chi connectivity index (χ3n) is 1.44. The maximum absolute atomic E-state index is 10.3. The molecule has 0 amide bonds. The van der Waals surface area contributed by atoms with Gasteiger partial charge in [0.05, 0.1) is 12.6 Å². The Morgan fingerprint density at radius 2 is 1.65 bits per heavy atom. The number of carboxylic acid groups (broad SMARTS) is 2. The molecule has 0 saturated carbocycles. The Kier molecular flexibility index (Phi) is 18.9. The molecule has 1 N–H and O–H groups in total. The van der Waals surface area contributed by atoms with E-state index >= 15 is 0 Å². The summed E-state index contributed by atoms with van der Waals surface area (Å²) >= 11 is 0. The molecule has 6 heteroatoms. The highest BCUT2D eigenvalue weighted by atomic mass is 16.5. The third-order valence-corrected chi connectivity index (χ3v) is 1.44. The van der Waals surface area contributed by atoms with Crippen LogP contribution in [0.5, 0.6) is 0 Å². The number of esters is 1. The first-order valence-electron chi connectivity index (χ1n) is 5.74. The van der Waals surface area contributed by atoms with Crippen LogP contribution in [-0.2, 0) is 19.1 Å². The van der Waals surface area contributed by atoms with Gasteiger partial charge in [-0.2, -0.15) is 0 Å². The predicted molar refractivity (Wildman–Crippen MR) is 73.7 cm³/mol. The Labute approximate surface area is 119 Å². The van der Waals surface area contributed by atoms with Gasteiger partial charge in [0.2, 0.25) is 0 Å². The van der Waals surface area contributed by atoms with Gasteiger partial charge in [-0.05, 0) is 19.4 Å². The summed E-state index contributed by atoms with van der Waals surface area (Å²) in [5, 5.41) is 17.0. The van der Waals surface area contributed by atoms with Crippen LogP contribution in [0.3, 0.4) is 0 Å². The van der Waals surface area contributed by atoms with Gasteiger partial charge in [0.1, 0.15) is 0 Å². The Bertz CT molecular complexity index is 332. The van der Waals surface area contributed by atoms with Gasteiger partial charge in [0.15, 0.2) is 0 Å². The average Bonchev–Trinajstić information content (AvgIpc) is 2.40. The Morgan fingerprint density at radius 1 is 1.25 bits per heavy atom. The summed E-state index contributed by atoms with van der Waals surface area (Å²) in [5.74, 6) is -2.50. The first kappa shape index (κ1) is 22.8. The monoisotopic (exact) mass is 285 g/mol. The number of hydrogen-bond acceptors (Lipinski definition) is 5. The van der Waals surface area contributed by atoms with Crippen molar-refractivity contribution in [3.05, 3.63) is 37.5 Å². The van der Waals surface area contributed by atoms with Crippen LogP contribution in [0.25, 0.3) is 0 Å². The Hall–Kier alpha value is -2.37. The number of carboxylic acids is 2. The highest BCUT2D eigenvalue weighted by Gasteiger charge is 1.91. The van der Waals surface area contributed by atoms with Gasteiger partial charge in [-0.1, -0.05) is 33.1 Å². The van der Waals surface area contributed by atoms with Crippen molar-refractivity contribution in [2.24, 2.45) is 0 Å². The second kappa shape index (κ2) is 16.6. The molecule has 0 saturated heterocycles. The normalized spacial score (nSPS) is 7.70. The van der Waals surface area contributed by atoms with Crippen molar-refractivity contribution in [2.45, 2.75) is 26.7 Å². The molecule has 0 fully saturated rings. The molecule has 0 aromatic rings. The number of unbranched alkanes of at least 4 members (excludes halogenated alkanes) is 1. The van der Waals surface area contributed by atoms with Crippen LogP contribution in [0, 0.1) is 0 Å². The summed E-state index contributed by atoms with van der Waals surface area (Å²) in [5.41, 5.74) is 0.176. The fourth-order valence-electron chi connectivity index (χ4n) is 0.376. The first-order valence-corrected chi connectivity index (χ1v) is 5.74. The Balaban J connectivity index is -0.000000230. The fourth-order valence-corrected chi connectivity index (χ4v) is 0.376. The summed E-state index contributed by atoms with van der Waals surface area (Å²) in [4.78, 5) is 29.1. The quantitative estimate of drug-likeness (QED) is 0.445. The summed E-state index contributed by atoms with van der Waals surface area (Å²) < 4.78 is 4.67. The number of carbonyl (C=O) groups is 3. The number of aliphatic carboxylic acids is 2. The van der Waals surface area contributed by atoms with Crippen LogP contribution in [0.1, 0.15) is 26.7 Å². The maximum atomic E-state index is 10.3. The lowest BCUT2D eigenvalue weighted by molar-refractivity contribution is -0.297. The molecule has 0 bridgehead atoms. The highest BCUT2D eigenvalue weighted by molar-refractivity contribution is 5.84. The second-order valence-electron chi connectivity index (χ2n) is 3.33. The van der Waals surface area contributed by atoms with Crippen molar-refractivity contribution >= 4 is 17.9 Å². The van der Waals surface area contributed by atoms with Crippen LogP contribution in [-0.4, -0.2) is 29.6 Å². The molecular weight excluding hydrogens is 264 g/mol. The van der Waals surface area contributed by atoms with Gasteiger partial charge < -0.3 is 19.7 Å². The number of carbonyl (C=O) groups excluding carboxylic acids is 2. The van der Waals surface area contributed by atoms with Crippen LogP contribution in [0.4, 0.5) is 0 Å². The highest BCUT2D eigenvalue weighted by Crippen LogP contribution is 1.88. The standard InChI is InChI=1S/C7H12O2.C4H6O2.C3H4O2/c1-3-5-6-9-7(8)4-2;1-3(2)4(5)6;1-2-3(4)5/h4H,2-3,5-6H2,1H3;1H2,2H3,(H,5,6);2H,1H2,(H,4,5)/p-1. The topological polar surface area (TPSA) is 104 Å². The van der Waals surface area contributed by atoms with Crippen LogP contribution in [0.15, 0.2) is 37.5 Å². The zero-order chi connectivity index (χ0) is 16.6. The van der Waals surface area contributed by atoms with Gasteiger partial charge in [0.25, 0.3) is 0 Å². The molecule has 6 nitrogen and oxygen atoms in total. The first-order chi connectivity index (χ1) is 9.22. The molecule has 20 heavy (non-hydrogen) atoms. The van der Waals surface area contributed by atoms with E-state index in [4.69, 9.17) is 15.0 Å². The molecule has 0 unspecified atom stereocenters. The molecule has 0 atom stereocenters. The molecule has 0 aliphatic carbocycles. The van der Waals surface area contributed by atoms with Crippen LogP contribution < -0.4 is 5.11 Å². The SMILES string of the molecule is C=C(C)C(=O)O.C=CC(=O)OCCCC.C=CC(=O)[O-]. The van der Waals surface area contributed by atoms with Gasteiger partial charge in [-0.3, -0.25) is 0 Å². The van der Waals surface area contributed by atoms with Crippen molar-refractivity contribution in [2.75, 3.05) is 6.61 Å². The van der Waals surface area contributed by atoms with Crippen LogP contribution in [0.2, 0.25) is 0 Å². The fraction of sp³-hybridized carbons (Fsp3) is 0.357. The van der Waals surface area contributed by atoms with E-state index in [1.165, 1.54) is 13.0 Å². The number of hydrogen-bond donors (Lipinski definition) is 1.